The monoisotopic (exact) mass is 330 g/mol. The number of aromatic nitrogens is 1. The zero-order chi connectivity index (χ0) is 17.2. The number of nitrogens with zero attached hydrogens (tertiary/aromatic N) is 1. The summed E-state index contributed by atoms with van der Waals surface area (Å²) in [5, 5.41) is 4.12. The number of carbonyl (C=O) groups is 1. The number of hydrogen-bond acceptors (Lipinski definition) is 2. The van der Waals surface area contributed by atoms with Gasteiger partial charge in [-0.15, -0.1) is 0 Å². The molecule has 0 spiro atoms. The van der Waals surface area contributed by atoms with Crippen molar-refractivity contribution in [2.45, 2.75) is 6.04 Å². The number of para-hydroxylation sites is 1. The van der Waals surface area contributed by atoms with Crippen LogP contribution in [0.25, 0.3) is 11.0 Å². The number of amides is 1. The summed E-state index contributed by atoms with van der Waals surface area (Å²) in [7, 11) is 1.85. The molecule has 124 valence electrons. The summed E-state index contributed by atoms with van der Waals surface area (Å²) in [4.78, 5) is 12.7. The van der Waals surface area contributed by atoms with E-state index in [1.807, 2.05) is 80.0 Å². The first-order valence-electron chi connectivity index (χ1n) is 8.18. The highest BCUT2D eigenvalue weighted by molar-refractivity contribution is 5.93. The third kappa shape index (κ3) is 2.94. The van der Waals surface area contributed by atoms with Crippen LogP contribution in [-0.2, 0) is 7.05 Å². The van der Waals surface area contributed by atoms with Gasteiger partial charge in [0.25, 0.3) is 5.91 Å². The van der Waals surface area contributed by atoms with Crippen molar-refractivity contribution in [1.82, 2.24) is 9.88 Å². The standard InChI is InChI=1S/C21H18N2O2/c1-23-13-7-11-17(23)21(24)22-20(15-8-3-2-4-9-15)19-14-16-10-5-6-12-18(16)25-19/h2-14,20H,1H3,(H,22,24). The number of aryl methyl sites for hydroxylation is 1. The summed E-state index contributed by atoms with van der Waals surface area (Å²) >= 11 is 0. The van der Waals surface area contributed by atoms with Crippen LogP contribution in [-0.4, -0.2) is 10.5 Å². The van der Waals surface area contributed by atoms with Gasteiger partial charge >= 0.3 is 0 Å². The van der Waals surface area contributed by atoms with E-state index in [0.717, 1.165) is 22.3 Å². The van der Waals surface area contributed by atoms with Gasteiger partial charge < -0.3 is 14.3 Å². The van der Waals surface area contributed by atoms with Crippen LogP contribution >= 0.6 is 0 Å². The number of rotatable bonds is 4. The summed E-state index contributed by atoms with van der Waals surface area (Å²) in [6.45, 7) is 0. The van der Waals surface area contributed by atoms with Gasteiger partial charge in [0.1, 0.15) is 23.1 Å². The molecule has 1 atom stereocenters. The number of nitrogens with one attached hydrogen (secondary N) is 1. The van der Waals surface area contributed by atoms with Crippen molar-refractivity contribution in [1.29, 1.82) is 0 Å². The van der Waals surface area contributed by atoms with Gasteiger partial charge in [-0.25, -0.2) is 0 Å². The molecule has 2 aromatic carbocycles. The van der Waals surface area contributed by atoms with E-state index in [1.54, 1.807) is 10.6 Å². The van der Waals surface area contributed by atoms with Crippen molar-refractivity contribution in [3.63, 3.8) is 0 Å². The Bertz CT molecular complexity index is 982. The van der Waals surface area contributed by atoms with Crippen molar-refractivity contribution in [2.24, 2.45) is 7.05 Å². The van der Waals surface area contributed by atoms with E-state index in [-0.39, 0.29) is 11.9 Å². The van der Waals surface area contributed by atoms with E-state index in [2.05, 4.69) is 5.32 Å². The van der Waals surface area contributed by atoms with Crippen LogP contribution in [0.2, 0.25) is 0 Å². The Hall–Kier alpha value is -3.27. The molecule has 4 nitrogen and oxygen atoms in total. The topological polar surface area (TPSA) is 47.2 Å². The fraction of sp³-hybridized carbons (Fsp3) is 0.0952. The molecule has 4 rings (SSSR count). The number of furan rings is 1. The summed E-state index contributed by atoms with van der Waals surface area (Å²) < 4.78 is 7.81. The highest BCUT2D eigenvalue weighted by Crippen LogP contribution is 2.28. The van der Waals surface area contributed by atoms with E-state index < -0.39 is 0 Å². The van der Waals surface area contributed by atoms with E-state index >= 15 is 0 Å². The maximum atomic E-state index is 12.7. The number of hydrogen-bond donors (Lipinski definition) is 1. The van der Waals surface area contributed by atoms with Crippen LogP contribution in [0.15, 0.2) is 83.4 Å². The van der Waals surface area contributed by atoms with Gasteiger partial charge in [-0.2, -0.15) is 0 Å². The predicted octanol–water partition coefficient (Wildman–Crippen LogP) is 4.29. The van der Waals surface area contributed by atoms with Crippen molar-refractivity contribution in [3.8, 4) is 0 Å². The number of carbonyl (C=O) groups excluding carboxylic acids is 1. The van der Waals surface area contributed by atoms with Gasteiger partial charge in [0.2, 0.25) is 0 Å². The highest BCUT2D eigenvalue weighted by atomic mass is 16.3. The van der Waals surface area contributed by atoms with Gasteiger partial charge in [-0.3, -0.25) is 4.79 Å². The van der Waals surface area contributed by atoms with Gasteiger partial charge in [-0.1, -0.05) is 48.5 Å². The first kappa shape index (κ1) is 15.3. The largest absolute Gasteiger partial charge is 0.459 e. The number of fused-ring (bicyclic) bond motifs is 1. The maximum Gasteiger partial charge on any atom is 0.268 e. The van der Waals surface area contributed by atoms with Crippen LogP contribution < -0.4 is 5.32 Å². The second-order valence-corrected chi connectivity index (χ2v) is 6.01. The van der Waals surface area contributed by atoms with E-state index in [9.17, 15) is 4.79 Å². The van der Waals surface area contributed by atoms with Crippen molar-refractivity contribution in [2.75, 3.05) is 0 Å². The summed E-state index contributed by atoms with van der Waals surface area (Å²) in [5.41, 5.74) is 2.40. The normalized spacial score (nSPS) is 12.2. The first-order valence-corrected chi connectivity index (χ1v) is 8.18. The molecule has 0 aliphatic rings. The molecule has 1 unspecified atom stereocenters. The quantitative estimate of drug-likeness (QED) is 0.607. The SMILES string of the molecule is Cn1cccc1C(=O)NC(c1ccccc1)c1cc2ccccc2o1. The molecule has 0 saturated carbocycles. The van der Waals surface area contributed by atoms with Gasteiger partial charge in [0.15, 0.2) is 0 Å². The Morgan fingerprint density at radius 1 is 1.00 bits per heavy atom. The summed E-state index contributed by atoms with van der Waals surface area (Å²) in [5.74, 6) is 0.580. The Kier molecular flexibility index (Phi) is 3.86. The molecule has 0 fully saturated rings. The summed E-state index contributed by atoms with van der Waals surface area (Å²) in [6, 6.07) is 23.0. The lowest BCUT2D eigenvalue weighted by Gasteiger charge is -2.17. The predicted molar refractivity (Wildman–Crippen MR) is 97.4 cm³/mol. The zero-order valence-corrected chi connectivity index (χ0v) is 13.8. The average molecular weight is 330 g/mol. The van der Waals surface area contributed by atoms with Crippen molar-refractivity contribution >= 4 is 16.9 Å². The van der Waals surface area contributed by atoms with Gasteiger partial charge in [0, 0.05) is 18.6 Å². The molecule has 0 saturated heterocycles. The lowest BCUT2D eigenvalue weighted by atomic mass is 10.0. The molecule has 25 heavy (non-hydrogen) atoms. The lowest BCUT2D eigenvalue weighted by molar-refractivity contribution is 0.0931. The Morgan fingerprint density at radius 2 is 1.76 bits per heavy atom. The average Bonchev–Trinajstić information content (AvgIpc) is 3.26. The molecular weight excluding hydrogens is 312 g/mol. The molecule has 4 aromatic rings. The molecule has 1 amide bonds. The minimum atomic E-state index is -0.351. The summed E-state index contributed by atoms with van der Waals surface area (Å²) in [6.07, 6.45) is 1.85. The molecule has 0 aliphatic carbocycles. The first-order chi connectivity index (χ1) is 12.2. The molecular formula is C21H18N2O2. The molecule has 2 aromatic heterocycles. The minimum Gasteiger partial charge on any atom is -0.459 e. The van der Waals surface area contributed by atoms with Crippen LogP contribution in [0.1, 0.15) is 27.9 Å². The fourth-order valence-corrected chi connectivity index (χ4v) is 3.01. The van der Waals surface area contributed by atoms with Crippen LogP contribution in [0.5, 0.6) is 0 Å². The molecule has 0 aliphatic heterocycles. The Morgan fingerprint density at radius 3 is 2.48 bits per heavy atom. The Labute approximate surface area is 145 Å². The second kappa shape index (κ2) is 6.32. The molecule has 1 N–H and O–H groups in total. The van der Waals surface area contributed by atoms with E-state index in [1.165, 1.54) is 0 Å². The molecule has 0 radical (unpaired) electrons. The van der Waals surface area contributed by atoms with E-state index in [4.69, 9.17) is 4.42 Å². The molecule has 4 heteroatoms. The van der Waals surface area contributed by atoms with Crippen molar-refractivity contribution in [3.05, 3.63) is 96.0 Å². The molecule has 2 heterocycles. The Balaban J connectivity index is 1.74. The van der Waals surface area contributed by atoms with E-state index in [0.29, 0.717) is 5.69 Å². The van der Waals surface area contributed by atoms with Crippen LogP contribution in [0, 0.1) is 0 Å². The lowest BCUT2D eigenvalue weighted by Crippen LogP contribution is -2.30. The zero-order valence-electron chi connectivity index (χ0n) is 13.8. The van der Waals surface area contributed by atoms with Crippen LogP contribution in [0.3, 0.4) is 0 Å². The highest BCUT2D eigenvalue weighted by Gasteiger charge is 2.22. The minimum absolute atomic E-state index is 0.137. The van der Waals surface area contributed by atoms with Crippen molar-refractivity contribution < 1.29 is 9.21 Å². The molecule has 0 bridgehead atoms. The van der Waals surface area contributed by atoms with Crippen LogP contribution in [0.4, 0.5) is 0 Å². The smallest absolute Gasteiger partial charge is 0.268 e. The van der Waals surface area contributed by atoms with Gasteiger partial charge in [-0.05, 0) is 29.8 Å². The third-order valence-electron chi connectivity index (χ3n) is 4.31. The maximum absolute atomic E-state index is 12.7. The van der Waals surface area contributed by atoms with Gasteiger partial charge in [0.05, 0.1) is 0 Å². The third-order valence-corrected chi connectivity index (χ3v) is 4.31. The number of benzene rings is 2. The second-order valence-electron chi connectivity index (χ2n) is 6.01. The fourth-order valence-electron chi connectivity index (χ4n) is 3.01.